The van der Waals surface area contributed by atoms with Crippen molar-refractivity contribution in [1.29, 1.82) is 0 Å². The van der Waals surface area contributed by atoms with E-state index < -0.39 is 5.82 Å². The molecule has 100 valence electrons. The lowest BCUT2D eigenvalue weighted by Gasteiger charge is -2.14. The number of hydrogen-bond donors (Lipinski definition) is 1. The summed E-state index contributed by atoms with van der Waals surface area (Å²) in [6.07, 6.45) is 0.859. The molecule has 0 aliphatic carbocycles. The van der Waals surface area contributed by atoms with E-state index in [4.69, 9.17) is 0 Å². The van der Waals surface area contributed by atoms with Gasteiger partial charge >= 0.3 is 0 Å². The molecule has 0 spiro atoms. The van der Waals surface area contributed by atoms with Gasteiger partial charge in [0.1, 0.15) is 11.6 Å². The molecule has 1 N–H and O–H groups in total. The van der Waals surface area contributed by atoms with E-state index in [0.717, 1.165) is 18.6 Å². The maximum absolute atomic E-state index is 13.4. The second-order valence-electron chi connectivity index (χ2n) is 4.71. The maximum atomic E-state index is 13.4. The molecule has 0 aliphatic heterocycles. The van der Waals surface area contributed by atoms with Gasteiger partial charge in [-0.15, -0.1) is 0 Å². The number of halogens is 2. The minimum Gasteiger partial charge on any atom is -0.310 e. The maximum Gasteiger partial charge on any atom is 0.127 e. The van der Waals surface area contributed by atoms with Crippen molar-refractivity contribution in [3.8, 4) is 0 Å². The Morgan fingerprint density at radius 3 is 2.53 bits per heavy atom. The van der Waals surface area contributed by atoms with Crippen molar-refractivity contribution in [1.82, 2.24) is 5.32 Å². The predicted molar refractivity (Wildman–Crippen MR) is 72.8 cm³/mol. The largest absolute Gasteiger partial charge is 0.310 e. The fourth-order valence-electron chi connectivity index (χ4n) is 2.00. The fraction of sp³-hybridized carbons (Fsp3) is 0.250. The van der Waals surface area contributed by atoms with E-state index in [1.54, 1.807) is 0 Å². The average molecular weight is 261 g/mol. The highest BCUT2D eigenvalue weighted by Crippen LogP contribution is 2.10. The molecule has 1 nitrogen and oxygen atoms in total. The van der Waals surface area contributed by atoms with Gasteiger partial charge < -0.3 is 5.32 Å². The summed E-state index contributed by atoms with van der Waals surface area (Å²) in [6.45, 7) is 2.36. The molecule has 2 aromatic carbocycles. The number of nitrogens with one attached hydrogen (secondary N) is 1. The van der Waals surface area contributed by atoms with E-state index in [0.29, 0.717) is 12.1 Å². The first-order valence-electron chi connectivity index (χ1n) is 6.36. The highest BCUT2D eigenvalue weighted by atomic mass is 19.1. The zero-order valence-corrected chi connectivity index (χ0v) is 10.9. The molecule has 0 saturated carbocycles. The van der Waals surface area contributed by atoms with Gasteiger partial charge in [0.2, 0.25) is 0 Å². The molecule has 0 aromatic heterocycles. The van der Waals surface area contributed by atoms with E-state index in [1.807, 2.05) is 25.1 Å². The molecule has 0 saturated heterocycles. The molecular formula is C16H17F2N. The zero-order chi connectivity index (χ0) is 13.7. The van der Waals surface area contributed by atoms with Crippen LogP contribution < -0.4 is 5.32 Å². The van der Waals surface area contributed by atoms with Crippen LogP contribution in [0.3, 0.4) is 0 Å². The topological polar surface area (TPSA) is 12.0 Å². The van der Waals surface area contributed by atoms with Gasteiger partial charge in [0.05, 0.1) is 0 Å². The average Bonchev–Trinajstić information content (AvgIpc) is 2.41. The molecule has 1 unspecified atom stereocenters. The lowest BCUT2D eigenvalue weighted by molar-refractivity contribution is 0.519. The summed E-state index contributed by atoms with van der Waals surface area (Å²) < 4.78 is 26.5. The quantitative estimate of drug-likeness (QED) is 0.865. The van der Waals surface area contributed by atoms with Crippen molar-refractivity contribution >= 4 is 0 Å². The molecule has 0 fully saturated rings. The van der Waals surface area contributed by atoms with Crippen LogP contribution in [0.4, 0.5) is 8.78 Å². The van der Waals surface area contributed by atoms with E-state index in [1.165, 1.54) is 11.6 Å². The minimum absolute atomic E-state index is 0.199. The van der Waals surface area contributed by atoms with Gasteiger partial charge in [-0.05, 0) is 37.1 Å². The monoisotopic (exact) mass is 261 g/mol. The lowest BCUT2D eigenvalue weighted by atomic mass is 10.1. The highest BCUT2D eigenvalue weighted by molar-refractivity contribution is 5.19. The second kappa shape index (κ2) is 6.43. The molecule has 3 heteroatoms. The Hall–Kier alpha value is -1.74. The Morgan fingerprint density at radius 2 is 1.79 bits per heavy atom. The van der Waals surface area contributed by atoms with Crippen molar-refractivity contribution < 1.29 is 8.78 Å². The van der Waals surface area contributed by atoms with E-state index in [2.05, 4.69) is 17.4 Å². The Labute approximate surface area is 112 Å². The van der Waals surface area contributed by atoms with Crippen LogP contribution in [-0.2, 0) is 13.0 Å². The van der Waals surface area contributed by atoms with Crippen LogP contribution in [0.2, 0.25) is 0 Å². The van der Waals surface area contributed by atoms with Gasteiger partial charge in [-0.25, -0.2) is 8.78 Å². The molecule has 19 heavy (non-hydrogen) atoms. The van der Waals surface area contributed by atoms with Crippen molar-refractivity contribution in [3.05, 3.63) is 71.3 Å². The van der Waals surface area contributed by atoms with Gasteiger partial charge in [0.15, 0.2) is 0 Å². The Kier molecular flexibility index (Phi) is 4.63. The fourth-order valence-corrected chi connectivity index (χ4v) is 2.00. The number of hydrogen-bond acceptors (Lipinski definition) is 1. The summed E-state index contributed by atoms with van der Waals surface area (Å²) in [6, 6.07) is 13.8. The van der Waals surface area contributed by atoms with Crippen molar-refractivity contribution in [3.63, 3.8) is 0 Å². The van der Waals surface area contributed by atoms with Crippen LogP contribution in [0.15, 0.2) is 48.5 Å². The standard InChI is InChI=1S/C16H17F2N/c1-12(9-13-5-3-2-4-6-13)19-11-14-10-15(17)7-8-16(14)18/h2-8,10,12,19H,9,11H2,1H3. The van der Waals surface area contributed by atoms with Gasteiger partial charge in [0, 0.05) is 18.2 Å². The molecule has 2 aromatic rings. The van der Waals surface area contributed by atoms with Crippen LogP contribution in [0.1, 0.15) is 18.1 Å². The summed E-state index contributed by atoms with van der Waals surface area (Å²) in [4.78, 5) is 0. The summed E-state index contributed by atoms with van der Waals surface area (Å²) in [5.41, 5.74) is 1.59. The third-order valence-electron chi connectivity index (χ3n) is 3.03. The molecule has 0 radical (unpaired) electrons. The SMILES string of the molecule is CC(Cc1ccccc1)NCc1cc(F)ccc1F. The van der Waals surface area contributed by atoms with Gasteiger partial charge in [-0.2, -0.15) is 0 Å². The van der Waals surface area contributed by atoms with Crippen molar-refractivity contribution in [2.45, 2.75) is 25.9 Å². The molecule has 0 amide bonds. The zero-order valence-electron chi connectivity index (χ0n) is 10.9. The third-order valence-corrected chi connectivity index (χ3v) is 3.03. The highest BCUT2D eigenvalue weighted by Gasteiger charge is 2.07. The first-order chi connectivity index (χ1) is 9.15. The minimum atomic E-state index is -0.408. The normalized spacial score (nSPS) is 12.4. The molecule has 2 rings (SSSR count). The van der Waals surface area contributed by atoms with Gasteiger partial charge in [0.25, 0.3) is 0 Å². The van der Waals surface area contributed by atoms with Crippen LogP contribution in [-0.4, -0.2) is 6.04 Å². The Morgan fingerprint density at radius 1 is 1.05 bits per heavy atom. The predicted octanol–water partition coefficient (Wildman–Crippen LogP) is 3.69. The molecule has 1 atom stereocenters. The number of benzene rings is 2. The van der Waals surface area contributed by atoms with Crippen LogP contribution >= 0.6 is 0 Å². The van der Waals surface area contributed by atoms with Crippen LogP contribution in [0, 0.1) is 11.6 Å². The summed E-state index contributed by atoms with van der Waals surface area (Å²) in [7, 11) is 0. The summed E-state index contributed by atoms with van der Waals surface area (Å²) >= 11 is 0. The van der Waals surface area contributed by atoms with Crippen LogP contribution in [0.5, 0.6) is 0 Å². The summed E-state index contributed by atoms with van der Waals surface area (Å²) in [5.74, 6) is -0.783. The van der Waals surface area contributed by atoms with Crippen molar-refractivity contribution in [2.24, 2.45) is 0 Å². The first-order valence-corrected chi connectivity index (χ1v) is 6.36. The van der Waals surface area contributed by atoms with E-state index in [9.17, 15) is 8.78 Å². The smallest absolute Gasteiger partial charge is 0.127 e. The van der Waals surface area contributed by atoms with Gasteiger partial charge in [-0.3, -0.25) is 0 Å². The lowest BCUT2D eigenvalue weighted by Crippen LogP contribution is -2.28. The molecule has 0 bridgehead atoms. The van der Waals surface area contributed by atoms with Gasteiger partial charge in [-0.1, -0.05) is 30.3 Å². The third kappa shape index (κ3) is 4.14. The molecule has 0 heterocycles. The molecule has 0 aliphatic rings. The first kappa shape index (κ1) is 13.7. The van der Waals surface area contributed by atoms with E-state index in [-0.39, 0.29) is 11.9 Å². The Bertz CT molecular complexity index is 526. The van der Waals surface area contributed by atoms with Crippen molar-refractivity contribution in [2.75, 3.05) is 0 Å². The van der Waals surface area contributed by atoms with Crippen LogP contribution in [0.25, 0.3) is 0 Å². The number of rotatable bonds is 5. The summed E-state index contributed by atoms with van der Waals surface area (Å²) in [5, 5.41) is 3.21. The van der Waals surface area contributed by atoms with E-state index >= 15 is 0 Å². The molecular weight excluding hydrogens is 244 g/mol. The second-order valence-corrected chi connectivity index (χ2v) is 4.71. The Balaban J connectivity index is 1.90.